The monoisotopic (exact) mass is 397 g/mol. The third-order valence-electron chi connectivity index (χ3n) is 5.70. The van der Waals surface area contributed by atoms with Gasteiger partial charge in [-0.2, -0.15) is 0 Å². The fourth-order valence-electron chi connectivity index (χ4n) is 4.11. The molecule has 2 aromatic rings. The third kappa shape index (κ3) is 3.63. The zero-order chi connectivity index (χ0) is 19.0. The molecule has 1 spiro atoms. The molecule has 0 atom stereocenters. The molecule has 2 fully saturated rings. The Morgan fingerprint density at radius 3 is 2.04 bits per heavy atom. The normalized spacial score (nSPS) is 19.0. The van der Waals surface area contributed by atoms with Crippen molar-refractivity contribution >= 4 is 17.6 Å². The van der Waals surface area contributed by atoms with Crippen molar-refractivity contribution in [2.45, 2.75) is 48.4 Å². The van der Waals surface area contributed by atoms with Gasteiger partial charge < -0.3 is 4.90 Å². The van der Waals surface area contributed by atoms with Gasteiger partial charge in [0.15, 0.2) is 23.3 Å². The Bertz CT molecular complexity index is 802. The van der Waals surface area contributed by atoms with E-state index in [1.54, 1.807) is 6.20 Å². The van der Waals surface area contributed by atoms with Gasteiger partial charge in [0.1, 0.15) is 10.8 Å². The highest BCUT2D eigenvalue weighted by atomic mass is 32.2. The molecule has 2 heterocycles. The number of benzene rings is 1. The second-order valence-electron chi connectivity index (χ2n) is 7.31. The lowest BCUT2D eigenvalue weighted by Gasteiger charge is -2.39. The lowest BCUT2D eigenvalue weighted by atomic mass is 9.77. The van der Waals surface area contributed by atoms with Crippen molar-refractivity contribution in [2.24, 2.45) is 5.41 Å². The van der Waals surface area contributed by atoms with Gasteiger partial charge in [0.25, 0.3) is 0 Å². The van der Waals surface area contributed by atoms with Crippen molar-refractivity contribution in [3.05, 3.63) is 41.7 Å². The summed E-state index contributed by atoms with van der Waals surface area (Å²) < 4.78 is 54.2. The number of hydrogen-bond donors (Lipinski definition) is 0. The van der Waals surface area contributed by atoms with Gasteiger partial charge >= 0.3 is 0 Å². The summed E-state index contributed by atoms with van der Waals surface area (Å²) in [5.41, 5.74) is 0.496. The van der Waals surface area contributed by atoms with Crippen molar-refractivity contribution in [1.29, 1.82) is 0 Å². The van der Waals surface area contributed by atoms with E-state index in [1.807, 2.05) is 0 Å². The molecule has 1 aromatic heterocycles. The van der Waals surface area contributed by atoms with Gasteiger partial charge in [-0.05, 0) is 31.1 Å². The summed E-state index contributed by atoms with van der Waals surface area (Å²) >= 11 is 0.518. The molecule has 0 bridgehead atoms. The first-order valence-corrected chi connectivity index (χ1v) is 9.87. The Labute approximate surface area is 159 Å². The van der Waals surface area contributed by atoms with Crippen LogP contribution < -0.4 is 4.90 Å². The van der Waals surface area contributed by atoms with E-state index in [1.165, 1.54) is 31.9 Å². The summed E-state index contributed by atoms with van der Waals surface area (Å²) in [7, 11) is 0. The smallest absolute Gasteiger partial charge is 0.175 e. The van der Waals surface area contributed by atoms with E-state index in [-0.39, 0.29) is 11.1 Å². The predicted octanol–water partition coefficient (Wildman–Crippen LogP) is 5.34. The molecule has 0 unspecified atom stereocenters. The van der Waals surface area contributed by atoms with E-state index in [9.17, 15) is 17.6 Å². The highest BCUT2D eigenvalue weighted by Crippen LogP contribution is 2.46. The molecule has 1 saturated heterocycles. The molecule has 144 valence electrons. The van der Waals surface area contributed by atoms with Gasteiger partial charge in [0.2, 0.25) is 0 Å². The summed E-state index contributed by atoms with van der Waals surface area (Å²) in [5, 5.41) is 0.172. The topological polar surface area (TPSA) is 29.0 Å². The minimum Gasteiger partial charge on any atom is -0.355 e. The third-order valence-corrected chi connectivity index (χ3v) is 6.69. The van der Waals surface area contributed by atoms with E-state index in [4.69, 9.17) is 0 Å². The van der Waals surface area contributed by atoms with Crippen LogP contribution in [0.25, 0.3) is 0 Å². The van der Waals surface area contributed by atoms with Crippen LogP contribution in [0.3, 0.4) is 0 Å². The fourth-order valence-corrected chi connectivity index (χ4v) is 4.90. The largest absolute Gasteiger partial charge is 0.355 e. The number of hydrogen-bond acceptors (Lipinski definition) is 4. The number of aromatic nitrogens is 2. The van der Waals surface area contributed by atoms with E-state index in [0.29, 0.717) is 23.0 Å². The Morgan fingerprint density at radius 1 is 0.852 bits per heavy atom. The standard InChI is InChI=1S/C19H19F4N3S/c20-12-9-13(21)17(23)18(16(12)22)27-15-11-24-14(10-25-15)26-7-5-19(6-8-26)3-1-2-4-19/h9-11H,1-8H2. The summed E-state index contributed by atoms with van der Waals surface area (Å²) in [4.78, 5) is 9.90. The van der Waals surface area contributed by atoms with E-state index < -0.39 is 28.2 Å². The summed E-state index contributed by atoms with van der Waals surface area (Å²) in [6, 6.07) is 0.191. The van der Waals surface area contributed by atoms with Crippen molar-refractivity contribution in [3.8, 4) is 0 Å². The van der Waals surface area contributed by atoms with Crippen LogP contribution in [0.2, 0.25) is 0 Å². The molecule has 27 heavy (non-hydrogen) atoms. The van der Waals surface area contributed by atoms with Gasteiger partial charge in [0, 0.05) is 19.2 Å². The van der Waals surface area contributed by atoms with Crippen LogP contribution in [-0.4, -0.2) is 23.1 Å². The van der Waals surface area contributed by atoms with Gasteiger partial charge in [-0.1, -0.05) is 24.6 Å². The average molecular weight is 397 g/mol. The molecule has 1 aliphatic heterocycles. The predicted molar refractivity (Wildman–Crippen MR) is 94.8 cm³/mol. The molecular formula is C19H19F4N3S. The molecule has 2 aliphatic rings. The molecule has 0 N–H and O–H groups in total. The van der Waals surface area contributed by atoms with Crippen LogP contribution in [0.4, 0.5) is 23.4 Å². The van der Waals surface area contributed by atoms with Crippen LogP contribution in [0.1, 0.15) is 38.5 Å². The van der Waals surface area contributed by atoms with Crippen LogP contribution in [0, 0.1) is 28.7 Å². The first-order valence-electron chi connectivity index (χ1n) is 9.05. The van der Waals surface area contributed by atoms with E-state index in [0.717, 1.165) is 25.9 Å². The average Bonchev–Trinajstić information content (AvgIpc) is 3.13. The zero-order valence-corrected chi connectivity index (χ0v) is 15.5. The Hall–Kier alpha value is -1.83. The summed E-state index contributed by atoms with van der Waals surface area (Å²) in [6.45, 7) is 1.83. The summed E-state index contributed by atoms with van der Waals surface area (Å²) in [6.07, 6.45) is 10.5. The van der Waals surface area contributed by atoms with Crippen LogP contribution in [0.5, 0.6) is 0 Å². The molecule has 3 nitrogen and oxygen atoms in total. The highest BCUT2D eigenvalue weighted by molar-refractivity contribution is 7.99. The zero-order valence-electron chi connectivity index (χ0n) is 14.7. The molecule has 4 rings (SSSR count). The quantitative estimate of drug-likeness (QED) is 0.516. The number of halogens is 4. The number of nitrogens with zero attached hydrogens (tertiary/aromatic N) is 3. The lowest BCUT2D eigenvalue weighted by molar-refractivity contribution is 0.226. The van der Waals surface area contributed by atoms with Gasteiger partial charge in [-0.25, -0.2) is 27.5 Å². The minimum atomic E-state index is -1.44. The van der Waals surface area contributed by atoms with Crippen molar-refractivity contribution in [3.63, 3.8) is 0 Å². The maximum atomic E-state index is 13.8. The van der Waals surface area contributed by atoms with Crippen molar-refractivity contribution in [2.75, 3.05) is 18.0 Å². The SMILES string of the molecule is Fc1cc(F)c(F)c(Sc2cnc(N3CCC4(CCCC4)CC3)cn2)c1F. The number of anilines is 1. The Morgan fingerprint density at radius 2 is 1.48 bits per heavy atom. The molecule has 1 saturated carbocycles. The second-order valence-corrected chi connectivity index (χ2v) is 8.34. The van der Waals surface area contributed by atoms with Crippen molar-refractivity contribution < 1.29 is 17.6 Å². The molecule has 8 heteroatoms. The number of rotatable bonds is 3. The van der Waals surface area contributed by atoms with E-state index in [2.05, 4.69) is 14.9 Å². The molecule has 0 amide bonds. The summed E-state index contributed by atoms with van der Waals surface area (Å²) in [5.74, 6) is -5.02. The maximum absolute atomic E-state index is 13.8. The maximum Gasteiger partial charge on any atom is 0.175 e. The van der Waals surface area contributed by atoms with Crippen LogP contribution in [-0.2, 0) is 0 Å². The lowest BCUT2D eigenvalue weighted by Crippen LogP contribution is -2.39. The van der Waals surface area contributed by atoms with Gasteiger partial charge in [-0.3, -0.25) is 0 Å². The number of piperidine rings is 1. The van der Waals surface area contributed by atoms with Gasteiger partial charge in [0.05, 0.1) is 17.3 Å². The first kappa shape index (κ1) is 18.5. The second kappa shape index (κ2) is 7.30. The Kier molecular flexibility index (Phi) is 5.01. The Balaban J connectivity index is 1.46. The fraction of sp³-hybridized carbons (Fsp3) is 0.474. The molecule has 1 aromatic carbocycles. The first-order chi connectivity index (χ1) is 13.0. The molecule has 0 radical (unpaired) electrons. The molecule has 1 aliphatic carbocycles. The molecular weight excluding hydrogens is 378 g/mol. The minimum absolute atomic E-state index is 0.172. The van der Waals surface area contributed by atoms with Crippen LogP contribution in [0.15, 0.2) is 28.4 Å². The van der Waals surface area contributed by atoms with Crippen LogP contribution >= 0.6 is 11.8 Å². The van der Waals surface area contributed by atoms with Gasteiger partial charge in [-0.15, -0.1) is 0 Å². The van der Waals surface area contributed by atoms with E-state index >= 15 is 0 Å². The van der Waals surface area contributed by atoms with Crippen molar-refractivity contribution in [1.82, 2.24) is 9.97 Å². The highest BCUT2D eigenvalue weighted by Gasteiger charge is 2.37.